The van der Waals surface area contributed by atoms with Gasteiger partial charge in [0.25, 0.3) is 0 Å². The van der Waals surface area contributed by atoms with Crippen LogP contribution in [0.25, 0.3) is 22.3 Å². The zero-order valence-electron chi connectivity index (χ0n) is 11.3. The van der Waals surface area contributed by atoms with Crippen LogP contribution in [-0.4, -0.2) is 24.7 Å². The molecular formula is C14H14N6. The molecule has 3 aromatic heterocycles. The van der Waals surface area contributed by atoms with Crippen LogP contribution in [0.2, 0.25) is 0 Å². The molecule has 100 valence electrons. The Bertz CT molecular complexity index is 789. The summed E-state index contributed by atoms with van der Waals surface area (Å²) in [4.78, 5) is 11.6. The van der Waals surface area contributed by atoms with Crippen molar-refractivity contribution in [2.45, 2.75) is 25.8 Å². The zero-order valence-corrected chi connectivity index (χ0v) is 11.3. The molecule has 3 aromatic rings. The maximum absolute atomic E-state index is 8.88. The molecule has 0 saturated heterocycles. The number of fused-ring (bicyclic) bond motifs is 1. The van der Waals surface area contributed by atoms with Crippen molar-refractivity contribution in [1.29, 1.82) is 5.26 Å². The normalized spacial score (nSPS) is 11.7. The molecule has 0 spiro atoms. The van der Waals surface area contributed by atoms with Gasteiger partial charge in [-0.1, -0.05) is 0 Å². The van der Waals surface area contributed by atoms with E-state index in [0.29, 0.717) is 6.42 Å². The third-order valence-corrected chi connectivity index (χ3v) is 3.34. The summed E-state index contributed by atoms with van der Waals surface area (Å²) < 4.78 is 1.81. The summed E-state index contributed by atoms with van der Waals surface area (Å²) in [6.07, 6.45) is 7.47. The van der Waals surface area contributed by atoms with Crippen LogP contribution < -0.4 is 0 Å². The number of aromatic nitrogens is 5. The maximum Gasteiger partial charge on any atom is 0.141 e. The third kappa shape index (κ3) is 1.93. The molecule has 1 N–H and O–H groups in total. The smallest absolute Gasteiger partial charge is 0.141 e. The van der Waals surface area contributed by atoms with Crippen molar-refractivity contribution >= 4 is 11.0 Å². The summed E-state index contributed by atoms with van der Waals surface area (Å²) in [5.74, 6) is 0. The minimum atomic E-state index is -0.336. The van der Waals surface area contributed by atoms with E-state index in [-0.39, 0.29) is 5.54 Å². The van der Waals surface area contributed by atoms with E-state index < -0.39 is 0 Å². The maximum atomic E-state index is 8.88. The van der Waals surface area contributed by atoms with Crippen molar-refractivity contribution in [3.8, 4) is 17.3 Å². The third-order valence-electron chi connectivity index (χ3n) is 3.34. The Morgan fingerprint density at radius 1 is 1.40 bits per heavy atom. The molecule has 3 heterocycles. The second kappa shape index (κ2) is 4.46. The number of hydrogen-bond donors (Lipinski definition) is 1. The summed E-state index contributed by atoms with van der Waals surface area (Å²) in [5, 5.41) is 14.2. The number of nitrogens with zero attached hydrogens (tertiary/aromatic N) is 5. The molecule has 6 heteroatoms. The highest BCUT2D eigenvalue weighted by Crippen LogP contribution is 2.26. The van der Waals surface area contributed by atoms with Gasteiger partial charge in [-0.05, 0) is 19.9 Å². The molecule has 0 unspecified atom stereocenters. The Morgan fingerprint density at radius 2 is 2.25 bits per heavy atom. The molecule has 3 rings (SSSR count). The molecule has 0 radical (unpaired) electrons. The number of nitriles is 1. The van der Waals surface area contributed by atoms with Gasteiger partial charge in [0.05, 0.1) is 29.9 Å². The number of hydrogen-bond acceptors (Lipinski definition) is 4. The summed E-state index contributed by atoms with van der Waals surface area (Å²) in [7, 11) is 0. The monoisotopic (exact) mass is 266 g/mol. The lowest BCUT2D eigenvalue weighted by atomic mass is 10.0. The van der Waals surface area contributed by atoms with E-state index in [0.717, 1.165) is 22.3 Å². The second-order valence-electron chi connectivity index (χ2n) is 5.28. The molecule has 0 amide bonds. The first-order chi connectivity index (χ1) is 9.62. The van der Waals surface area contributed by atoms with Crippen LogP contribution in [0.15, 0.2) is 31.0 Å². The lowest BCUT2D eigenvalue weighted by Gasteiger charge is -2.21. The summed E-state index contributed by atoms with van der Waals surface area (Å²) in [5.41, 5.74) is 2.23. The van der Waals surface area contributed by atoms with Crippen LogP contribution in [0.4, 0.5) is 0 Å². The van der Waals surface area contributed by atoms with E-state index in [1.54, 1.807) is 6.20 Å². The fourth-order valence-corrected chi connectivity index (χ4v) is 2.15. The van der Waals surface area contributed by atoms with Crippen molar-refractivity contribution in [2.24, 2.45) is 0 Å². The molecule has 0 saturated carbocycles. The number of rotatable bonds is 3. The SMILES string of the molecule is CC(C)(CC#N)n1cc(-c2ncnc3[nH]ccc23)cn1. The molecule has 0 fully saturated rings. The molecule has 0 aromatic carbocycles. The number of H-pyrrole nitrogens is 1. The van der Waals surface area contributed by atoms with E-state index in [9.17, 15) is 0 Å². The number of aromatic amines is 1. The second-order valence-corrected chi connectivity index (χ2v) is 5.28. The highest BCUT2D eigenvalue weighted by molar-refractivity contribution is 5.89. The molecule has 0 atom stereocenters. The zero-order chi connectivity index (χ0) is 14.2. The molecule has 0 aliphatic heterocycles. The Morgan fingerprint density at radius 3 is 3.05 bits per heavy atom. The van der Waals surface area contributed by atoms with Crippen LogP contribution in [0.1, 0.15) is 20.3 Å². The summed E-state index contributed by atoms with van der Waals surface area (Å²) >= 11 is 0. The van der Waals surface area contributed by atoms with Crippen LogP contribution in [0, 0.1) is 11.3 Å². The Kier molecular flexibility index (Phi) is 2.75. The first kappa shape index (κ1) is 12.4. The van der Waals surface area contributed by atoms with Crippen molar-refractivity contribution in [2.75, 3.05) is 0 Å². The van der Waals surface area contributed by atoms with Crippen molar-refractivity contribution < 1.29 is 0 Å². The predicted octanol–water partition coefficient (Wildman–Crippen LogP) is 2.47. The van der Waals surface area contributed by atoms with Gasteiger partial charge in [0.15, 0.2) is 0 Å². The highest BCUT2D eigenvalue weighted by atomic mass is 15.3. The molecular weight excluding hydrogens is 252 g/mol. The lowest BCUT2D eigenvalue weighted by molar-refractivity contribution is 0.326. The van der Waals surface area contributed by atoms with E-state index in [4.69, 9.17) is 5.26 Å². The molecule has 20 heavy (non-hydrogen) atoms. The molecule has 0 bridgehead atoms. The van der Waals surface area contributed by atoms with Crippen molar-refractivity contribution in [1.82, 2.24) is 24.7 Å². The summed E-state index contributed by atoms with van der Waals surface area (Å²) in [6, 6.07) is 4.14. The average molecular weight is 266 g/mol. The van der Waals surface area contributed by atoms with Gasteiger partial charge in [-0.25, -0.2) is 9.97 Å². The van der Waals surface area contributed by atoms with Crippen LogP contribution in [0.3, 0.4) is 0 Å². The van der Waals surface area contributed by atoms with Gasteiger partial charge in [0.1, 0.15) is 12.0 Å². The van der Waals surface area contributed by atoms with E-state index in [1.165, 1.54) is 6.33 Å². The van der Waals surface area contributed by atoms with Gasteiger partial charge in [0.2, 0.25) is 0 Å². The Balaban J connectivity index is 2.07. The average Bonchev–Trinajstić information content (AvgIpc) is 3.07. The van der Waals surface area contributed by atoms with E-state index in [1.807, 2.05) is 37.0 Å². The van der Waals surface area contributed by atoms with Gasteiger partial charge in [-0.2, -0.15) is 10.4 Å². The van der Waals surface area contributed by atoms with Crippen molar-refractivity contribution in [3.05, 3.63) is 31.0 Å². The molecule has 6 nitrogen and oxygen atoms in total. The van der Waals surface area contributed by atoms with Gasteiger partial charge < -0.3 is 4.98 Å². The quantitative estimate of drug-likeness (QED) is 0.789. The Hall–Kier alpha value is -2.68. The lowest BCUT2D eigenvalue weighted by Crippen LogP contribution is -2.25. The minimum absolute atomic E-state index is 0.336. The fraction of sp³-hybridized carbons (Fsp3) is 0.286. The van der Waals surface area contributed by atoms with Crippen LogP contribution in [0.5, 0.6) is 0 Å². The highest BCUT2D eigenvalue weighted by Gasteiger charge is 2.21. The molecule has 0 aliphatic carbocycles. The van der Waals surface area contributed by atoms with E-state index >= 15 is 0 Å². The van der Waals surface area contributed by atoms with Gasteiger partial charge in [-0.3, -0.25) is 4.68 Å². The minimum Gasteiger partial charge on any atom is -0.346 e. The van der Waals surface area contributed by atoms with Crippen LogP contribution in [-0.2, 0) is 5.54 Å². The molecule has 0 aliphatic rings. The topological polar surface area (TPSA) is 83.2 Å². The van der Waals surface area contributed by atoms with Crippen molar-refractivity contribution in [3.63, 3.8) is 0 Å². The Labute approximate surface area is 116 Å². The van der Waals surface area contributed by atoms with Gasteiger partial charge in [0, 0.05) is 23.3 Å². The van der Waals surface area contributed by atoms with Gasteiger partial charge in [-0.15, -0.1) is 0 Å². The standard InChI is InChI=1S/C14H14N6/c1-14(2,4-5-15)20-8-10(7-19-20)12-11-3-6-16-13(11)18-9-17-12/h3,6-9H,4H2,1-2H3,(H,16,17,18). The number of nitrogens with one attached hydrogen (secondary N) is 1. The van der Waals surface area contributed by atoms with E-state index in [2.05, 4.69) is 26.1 Å². The fourth-order valence-electron chi connectivity index (χ4n) is 2.15. The first-order valence-corrected chi connectivity index (χ1v) is 6.32. The van der Waals surface area contributed by atoms with Crippen LogP contribution >= 0.6 is 0 Å². The van der Waals surface area contributed by atoms with Gasteiger partial charge >= 0.3 is 0 Å². The largest absolute Gasteiger partial charge is 0.346 e. The predicted molar refractivity (Wildman–Crippen MR) is 74.7 cm³/mol. The first-order valence-electron chi connectivity index (χ1n) is 6.32. The summed E-state index contributed by atoms with van der Waals surface area (Å²) in [6.45, 7) is 3.97.